The van der Waals surface area contributed by atoms with Crippen molar-refractivity contribution in [2.24, 2.45) is 16.6 Å². The molecule has 0 radical (unpaired) electrons. The Hall–Kier alpha value is -3.68. The number of aryl methyl sites for hydroxylation is 1. The molecule has 8 heteroatoms. The predicted molar refractivity (Wildman–Crippen MR) is 165 cm³/mol. The number of nitrogens with two attached hydrogens (primary N) is 1. The number of unbranched alkanes of at least 4 members (excludes halogenated alkanes) is 2. The van der Waals surface area contributed by atoms with Crippen molar-refractivity contribution >= 4 is 17.4 Å². The molecule has 2 aromatic rings. The first-order valence-electron chi connectivity index (χ1n) is 14.9. The van der Waals surface area contributed by atoms with Crippen LogP contribution in [0.1, 0.15) is 82.3 Å². The Morgan fingerprint density at radius 2 is 1.80 bits per heavy atom. The summed E-state index contributed by atoms with van der Waals surface area (Å²) in [7, 11) is 3.04. The molecule has 41 heavy (non-hydrogen) atoms. The largest absolute Gasteiger partial charge is 0.504 e. The van der Waals surface area contributed by atoms with E-state index >= 15 is 0 Å². The molecule has 0 saturated heterocycles. The molecule has 1 atom stereocenters. The summed E-state index contributed by atoms with van der Waals surface area (Å²) >= 11 is 0. The number of nitrogens with one attached hydrogen (secondary N) is 1. The third-order valence-corrected chi connectivity index (χ3v) is 7.65. The summed E-state index contributed by atoms with van der Waals surface area (Å²) in [6, 6.07) is 9.10. The molecule has 8 nitrogen and oxygen atoms in total. The molecule has 1 fully saturated rings. The summed E-state index contributed by atoms with van der Waals surface area (Å²) in [5.41, 5.74) is 8.60. The topological polar surface area (TPSA) is 126 Å². The van der Waals surface area contributed by atoms with E-state index < -0.39 is 0 Å². The third-order valence-electron chi connectivity index (χ3n) is 7.65. The fourth-order valence-corrected chi connectivity index (χ4v) is 5.31. The lowest BCUT2D eigenvalue weighted by Gasteiger charge is -2.19. The molecular weight excluding hydrogens is 518 g/mol. The highest BCUT2D eigenvalue weighted by atomic mass is 16.5. The van der Waals surface area contributed by atoms with E-state index in [0.29, 0.717) is 42.4 Å². The van der Waals surface area contributed by atoms with Gasteiger partial charge in [-0.15, -0.1) is 0 Å². The summed E-state index contributed by atoms with van der Waals surface area (Å²) in [4.78, 5) is 17.4. The van der Waals surface area contributed by atoms with Crippen LogP contribution in [0, 0.1) is 5.92 Å². The molecule has 2 aromatic carbocycles. The van der Waals surface area contributed by atoms with Crippen molar-refractivity contribution < 1.29 is 24.5 Å². The Bertz CT molecular complexity index is 1190. The van der Waals surface area contributed by atoms with Gasteiger partial charge in [0.15, 0.2) is 34.7 Å². The number of aromatic hydroxyl groups is 2. The molecule has 1 aliphatic rings. The summed E-state index contributed by atoms with van der Waals surface area (Å²) in [5.74, 6) is 1.35. The number of hydrogen-bond acceptors (Lipinski definition) is 6. The van der Waals surface area contributed by atoms with Crippen LogP contribution >= 0.6 is 0 Å². The molecule has 3 rings (SSSR count). The minimum atomic E-state index is -0.00263. The number of methoxy groups -OCH3 is 2. The van der Waals surface area contributed by atoms with Gasteiger partial charge in [-0.3, -0.25) is 4.79 Å². The fraction of sp³-hybridized carbons (Fsp3) is 0.515. The molecule has 0 bridgehead atoms. The normalized spacial score (nSPS) is 15.1. The van der Waals surface area contributed by atoms with Crippen molar-refractivity contribution in [1.29, 1.82) is 0 Å². The van der Waals surface area contributed by atoms with E-state index in [-0.39, 0.29) is 29.2 Å². The number of guanidine groups is 1. The molecule has 224 valence electrons. The zero-order chi connectivity index (χ0) is 29.6. The monoisotopic (exact) mass is 565 g/mol. The van der Waals surface area contributed by atoms with Gasteiger partial charge < -0.3 is 30.7 Å². The van der Waals surface area contributed by atoms with Gasteiger partial charge in [0.05, 0.1) is 25.9 Å². The molecule has 0 aromatic heterocycles. The number of hydrogen-bond donors (Lipinski definition) is 4. The van der Waals surface area contributed by atoms with Crippen LogP contribution in [0.5, 0.6) is 23.0 Å². The van der Waals surface area contributed by atoms with E-state index in [0.717, 1.165) is 62.5 Å². The molecule has 0 unspecified atom stereocenters. The Morgan fingerprint density at radius 3 is 2.51 bits per heavy atom. The second kappa shape index (κ2) is 16.6. The van der Waals surface area contributed by atoms with E-state index in [4.69, 9.17) is 15.2 Å². The summed E-state index contributed by atoms with van der Waals surface area (Å²) in [6.45, 7) is 2.18. The van der Waals surface area contributed by atoms with Crippen molar-refractivity contribution in [2.75, 3.05) is 19.5 Å². The van der Waals surface area contributed by atoms with Gasteiger partial charge in [0, 0.05) is 6.42 Å². The lowest BCUT2D eigenvalue weighted by Crippen LogP contribution is -2.26. The van der Waals surface area contributed by atoms with E-state index in [9.17, 15) is 15.0 Å². The quantitative estimate of drug-likeness (QED) is 0.0624. The minimum absolute atomic E-state index is 0.00263. The van der Waals surface area contributed by atoms with Crippen molar-refractivity contribution in [2.45, 2.75) is 90.0 Å². The first-order valence-corrected chi connectivity index (χ1v) is 14.9. The van der Waals surface area contributed by atoms with E-state index in [1.165, 1.54) is 20.6 Å². The van der Waals surface area contributed by atoms with Crippen LogP contribution in [0.15, 0.2) is 47.5 Å². The Morgan fingerprint density at radius 1 is 1.07 bits per heavy atom. The Labute approximate surface area is 244 Å². The Kier molecular flexibility index (Phi) is 12.9. The van der Waals surface area contributed by atoms with Crippen molar-refractivity contribution in [3.63, 3.8) is 0 Å². The molecule has 0 amide bonds. The van der Waals surface area contributed by atoms with Gasteiger partial charge >= 0.3 is 0 Å². The predicted octanol–water partition coefficient (Wildman–Crippen LogP) is 6.67. The average Bonchev–Trinajstić information content (AvgIpc) is 2.97. The van der Waals surface area contributed by atoms with Crippen LogP contribution in [0.3, 0.4) is 0 Å². The number of phenols is 2. The van der Waals surface area contributed by atoms with Crippen LogP contribution in [-0.4, -0.2) is 42.2 Å². The number of aliphatic imine (C=N–C) groups is 1. The number of ketones is 1. The molecule has 0 spiro atoms. The number of carbonyl (C=O) groups excluding carboxylic acids is 1. The highest BCUT2D eigenvalue weighted by molar-refractivity contribution is 5.94. The van der Waals surface area contributed by atoms with E-state index in [1.807, 2.05) is 18.2 Å². The van der Waals surface area contributed by atoms with Crippen LogP contribution in [0.2, 0.25) is 0 Å². The highest BCUT2D eigenvalue weighted by Gasteiger charge is 2.17. The number of rotatable bonds is 15. The van der Waals surface area contributed by atoms with E-state index in [2.05, 4.69) is 17.2 Å². The molecule has 5 N–H and O–H groups in total. The average molecular weight is 566 g/mol. The van der Waals surface area contributed by atoms with Gasteiger partial charge in [0.1, 0.15) is 0 Å². The van der Waals surface area contributed by atoms with Crippen LogP contribution in [0.4, 0.5) is 5.69 Å². The maximum Gasteiger partial charge on any atom is 0.193 e. The highest BCUT2D eigenvalue weighted by Crippen LogP contribution is 2.37. The van der Waals surface area contributed by atoms with Crippen molar-refractivity contribution in [3.05, 3.63) is 53.6 Å². The number of anilines is 1. The lowest BCUT2D eigenvalue weighted by atomic mass is 9.92. The van der Waals surface area contributed by atoms with Gasteiger partial charge in [-0.05, 0) is 79.5 Å². The van der Waals surface area contributed by atoms with Gasteiger partial charge in [0.2, 0.25) is 0 Å². The van der Waals surface area contributed by atoms with Crippen LogP contribution < -0.4 is 20.5 Å². The molecule has 0 heterocycles. The first kappa shape index (κ1) is 31.8. The van der Waals surface area contributed by atoms with Gasteiger partial charge in [0.25, 0.3) is 0 Å². The van der Waals surface area contributed by atoms with Crippen LogP contribution in [-0.2, 0) is 17.6 Å². The van der Waals surface area contributed by atoms with Gasteiger partial charge in [-0.1, -0.05) is 57.6 Å². The SMILES string of the molecule is CCCCC[C@H](/C=C/C(=O)CCc1ccc(O)c(OC)c1)Cc1cc(NC(N)=NC2CCCCC2)c(O)c(OC)c1. The lowest BCUT2D eigenvalue weighted by molar-refractivity contribution is -0.114. The number of carbonyl (C=O) groups is 1. The molecular formula is C33H47N3O5. The van der Waals surface area contributed by atoms with E-state index in [1.54, 1.807) is 24.3 Å². The third kappa shape index (κ3) is 10.3. The minimum Gasteiger partial charge on any atom is -0.504 e. The standard InChI is InChI=1S/C33H47N3O5/c1-4-5-7-10-23(13-16-27(37)17-14-24-15-18-29(38)30(21-24)40-2)19-25-20-28(32(39)31(22-25)41-3)36-33(34)35-26-11-8-6-9-12-26/h13,15-16,18,20-23,26,38-39H,4-12,14,17,19H2,1-3H3,(H3,34,35,36)/b16-13+/t23-/m1/s1. The summed E-state index contributed by atoms with van der Waals surface area (Å²) < 4.78 is 10.6. The molecule has 0 aliphatic heterocycles. The zero-order valence-corrected chi connectivity index (χ0v) is 24.8. The number of nitrogens with zero attached hydrogens (tertiary/aromatic N) is 1. The van der Waals surface area contributed by atoms with Crippen molar-refractivity contribution in [1.82, 2.24) is 0 Å². The maximum atomic E-state index is 12.8. The molecule has 1 saturated carbocycles. The smallest absolute Gasteiger partial charge is 0.193 e. The summed E-state index contributed by atoms with van der Waals surface area (Å²) in [5, 5.41) is 23.7. The second-order valence-corrected chi connectivity index (χ2v) is 10.9. The van der Waals surface area contributed by atoms with Crippen LogP contribution in [0.25, 0.3) is 0 Å². The molecule has 1 aliphatic carbocycles. The number of allylic oxidation sites excluding steroid dienone is 2. The van der Waals surface area contributed by atoms with Gasteiger partial charge in [-0.25, -0.2) is 4.99 Å². The summed E-state index contributed by atoms with van der Waals surface area (Å²) in [6.07, 6.45) is 15.2. The number of benzene rings is 2. The number of phenolic OH excluding ortho intramolecular Hbond substituents is 2. The number of ether oxygens (including phenoxy) is 2. The zero-order valence-electron chi connectivity index (χ0n) is 24.8. The Balaban J connectivity index is 1.70. The first-order chi connectivity index (χ1) is 19.8. The second-order valence-electron chi connectivity index (χ2n) is 10.9. The fourth-order valence-electron chi connectivity index (χ4n) is 5.31. The van der Waals surface area contributed by atoms with Gasteiger partial charge in [-0.2, -0.15) is 0 Å². The van der Waals surface area contributed by atoms with Crippen molar-refractivity contribution in [3.8, 4) is 23.0 Å². The maximum absolute atomic E-state index is 12.8.